The molecule has 0 aromatic heterocycles. The Kier molecular flexibility index (Phi) is 3.42. The second-order valence-electron chi connectivity index (χ2n) is 8.38. The average molecular weight is 317 g/mol. The summed E-state index contributed by atoms with van der Waals surface area (Å²) in [4.78, 5) is 2.47. The molecule has 0 amide bonds. The molecule has 3 nitrogen and oxygen atoms in total. The predicted molar refractivity (Wildman–Crippen MR) is 89.0 cm³/mol. The van der Waals surface area contributed by atoms with Crippen LogP contribution >= 0.6 is 0 Å². The van der Waals surface area contributed by atoms with Crippen molar-refractivity contribution >= 4 is 12.6 Å². The second kappa shape index (κ2) is 5.04. The van der Waals surface area contributed by atoms with E-state index in [-0.39, 0.29) is 5.82 Å². The van der Waals surface area contributed by atoms with Crippen LogP contribution < -0.4 is 5.46 Å². The van der Waals surface area contributed by atoms with Crippen molar-refractivity contribution in [3.63, 3.8) is 0 Å². The fourth-order valence-corrected chi connectivity index (χ4v) is 3.76. The first-order valence-corrected chi connectivity index (χ1v) is 8.61. The largest absolute Gasteiger partial charge is 0.495 e. The van der Waals surface area contributed by atoms with Gasteiger partial charge in [-0.25, -0.2) is 4.39 Å². The van der Waals surface area contributed by atoms with Gasteiger partial charge in [0.05, 0.1) is 11.2 Å². The van der Waals surface area contributed by atoms with Crippen LogP contribution in [0.25, 0.3) is 0 Å². The Morgan fingerprint density at radius 3 is 2.35 bits per heavy atom. The molecule has 0 radical (unpaired) electrons. The number of hydrogen-bond donors (Lipinski definition) is 0. The smallest absolute Gasteiger partial charge is 0.399 e. The topological polar surface area (TPSA) is 21.7 Å². The third kappa shape index (κ3) is 2.73. The van der Waals surface area contributed by atoms with Gasteiger partial charge in [0.15, 0.2) is 0 Å². The van der Waals surface area contributed by atoms with Gasteiger partial charge < -0.3 is 9.31 Å². The van der Waals surface area contributed by atoms with Crippen LogP contribution in [-0.4, -0.2) is 36.3 Å². The Morgan fingerprint density at radius 2 is 1.74 bits per heavy atom. The predicted octanol–water partition coefficient (Wildman–Crippen LogP) is 2.58. The number of hydrogen-bond acceptors (Lipinski definition) is 3. The van der Waals surface area contributed by atoms with E-state index in [0.717, 1.165) is 29.4 Å². The summed E-state index contributed by atoms with van der Waals surface area (Å²) in [6.07, 6.45) is 1.39. The Hall–Kier alpha value is -0.905. The van der Waals surface area contributed by atoms with Gasteiger partial charge in [0, 0.05) is 19.6 Å². The van der Waals surface area contributed by atoms with Gasteiger partial charge in [0.1, 0.15) is 5.82 Å². The molecule has 1 saturated carbocycles. The molecule has 2 saturated heterocycles. The van der Waals surface area contributed by atoms with Crippen molar-refractivity contribution < 1.29 is 13.7 Å². The van der Waals surface area contributed by atoms with Gasteiger partial charge in [-0.1, -0.05) is 6.07 Å². The number of likely N-dealkylation sites (tertiary alicyclic amines) is 1. The zero-order chi connectivity index (χ0) is 16.4. The Labute approximate surface area is 138 Å². The number of nitrogens with zero attached hydrogens (tertiary/aromatic N) is 1. The van der Waals surface area contributed by atoms with Gasteiger partial charge in [-0.05, 0) is 69.1 Å². The monoisotopic (exact) mass is 317 g/mol. The zero-order valence-corrected chi connectivity index (χ0v) is 14.4. The summed E-state index contributed by atoms with van der Waals surface area (Å²) in [6.45, 7) is 11.3. The normalized spacial score (nSPS) is 31.4. The maximum Gasteiger partial charge on any atom is 0.495 e. The third-order valence-electron chi connectivity index (χ3n) is 6.06. The summed E-state index contributed by atoms with van der Waals surface area (Å²) in [6, 6.07) is 5.01. The molecule has 2 unspecified atom stereocenters. The SMILES string of the molecule is CC1(C)OB(c2cc(F)ccc2CN2CC3CC3C2)OC1(C)C. The second-order valence-corrected chi connectivity index (χ2v) is 8.38. The molecule has 1 aliphatic carbocycles. The highest BCUT2D eigenvalue weighted by atomic mass is 19.1. The first-order valence-electron chi connectivity index (χ1n) is 8.61. The Balaban J connectivity index is 1.59. The van der Waals surface area contributed by atoms with E-state index in [0.29, 0.717) is 0 Å². The van der Waals surface area contributed by atoms with Crippen molar-refractivity contribution in [3.05, 3.63) is 29.6 Å². The fraction of sp³-hybridized carbons (Fsp3) is 0.667. The lowest BCUT2D eigenvalue weighted by molar-refractivity contribution is 0.00578. The maximum absolute atomic E-state index is 13.8. The molecular weight excluding hydrogens is 292 g/mol. The summed E-state index contributed by atoms with van der Waals surface area (Å²) in [7, 11) is -0.497. The lowest BCUT2D eigenvalue weighted by Gasteiger charge is -2.32. The van der Waals surface area contributed by atoms with Crippen LogP contribution in [0.4, 0.5) is 4.39 Å². The zero-order valence-electron chi connectivity index (χ0n) is 14.4. The van der Waals surface area contributed by atoms with Crippen LogP contribution in [0.5, 0.6) is 0 Å². The van der Waals surface area contributed by atoms with Crippen LogP contribution in [0.1, 0.15) is 39.7 Å². The van der Waals surface area contributed by atoms with Gasteiger partial charge in [-0.2, -0.15) is 0 Å². The molecule has 5 heteroatoms. The minimum Gasteiger partial charge on any atom is -0.399 e. The van der Waals surface area contributed by atoms with Crippen molar-refractivity contribution in [3.8, 4) is 0 Å². The number of piperidine rings is 1. The molecule has 0 spiro atoms. The molecule has 4 rings (SSSR count). The van der Waals surface area contributed by atoms with E-state index in [9.17, 15) is 4.39 Å². The molecule has 2 atom stereocenters. The van der Waals surface area contributed by atoms with Crippen LogP contribution in [0.15, 0.2) is 18.2 Å². The van der Waals surface area contributed by atoms with E-state index < -0.39 is 18.3 Å². The van der Waals surface area contributed by atoms with E-state index in [4.69, 9.17) is 9.31 Å². The summed E-state index contributed by atoms with van der Waals surface area (Å²) in [5.41, 5.74) is 1.14. The summed E-state index contributed by atoms with van der Waals surface area (Å²) in [5.74, 6) is 1.56. The van der Waals surface area contributed by atoms with Crippen molar-refractivity contribution in [1.82, 2.24) is 4.90 Å². The van der Waals surface area contributed by atoms with Crippen molar-refractivity contribution in [1.29, 1.82) is 0 Å². The molecule has 1 aromatic rings. The number of fused-ring (bicyclic) bond motifs is 1. The number of rotatable bonds is 3. The standard InChI is InChI=1S/C18H25BFNO2/c1-17(2)18(3,4)23-19(22-17)16-8-15(20)6-5-12(16)9-21-10-13-7-14(13)11-21/h5-6,8,13-14H,7,9-11H2,1-4H3. The van der Waals surface area contributed by atoms with Crippen molar-refractivity contribution in [2.75, 3.05) is 13.1 Å². The molecule has 124 valence electrons. The molecule has 2 aliphatic heterocycles. The van der Waals surface area contributed by atoms with E-state index in [1.165, 1.54) is 19.5 Å². The highest BCUT2D eigenvalue weighted by Crippen LogP contribution is 2.45. The van der Waals surface area contributed by atoms with Gasteiger partial charge in [0.25, 0.3) is 0 Å². The highest BCUT2D eigenvalue weighted by Gasteiger charge is 2.52. The van der Waals surface area contributed by atoms with Gasteiger partial charge >= 0.3 is 7.12 Å². The first-order chi connectivity index (χ1) is 10.7. The molecule has 0 N–H and O–H groups in total. The van der Waals surface area contributed by atoms with Gasteiger partial charge in [-0.15, -0.1) is 0 Å². The third-order valence-corrected chi connectivity index (χ3v) is 6.06. The molecule has 3 aliphatic rings. The lowest BCUT2D eigenvalue weighted by Crippen LogP contribution is -2.41. The summed E-state index contributed by atoms with van der Waals surface area (Å²) in [5, 5.41) is 0. The van der Waals surface area contributed by atoms with Crippen LogP contribution in [0, 0.1) is 17.7 Å². The molecule has 1 aromatic carbocycles. The van der Waals surface area contributed by atoms with Crippen molar-refractivity contribution in [2.45, 2.75) is 51.9 Å². The molecular formula is C18H25BFNO2. The summed E-state index contributed by atoms with van der Waals surface area (Å²) < 4.78 is 26.1. The molecule has 23 heavy (non-hydrogen) atoms. The molecule has 0 bridgehead atoms. The lowest BCUT2D eigenvalue weighted by atomic mass is 9.75. The number of halogens is 1. The Bertz CT molecular complexity index is 607. The quantitative estimate of drug-likeness (QED) is 0.800. The van der Waals surface area contributed by atoms with Crippen LogP contribution in [0.2, 0.25) is 0 Å². The maximum atomic E-state index is 13.8. The summed E-state index contributed by atoms with van der Waals surface area (Å²) >= 11 is 0. The molecule has 2 heterocycles. The average Bonchev–Trinajstić information content (AvgIpc) is 2.98. The van der Waals surface area contributed by atoms with E-state index in [1.807, 2.05) is 33.8 Å². The van der Waals surface area contributed by atoms with Crippen molar-refractivity contribution in [2.24, 2.45) is 11.8 Å². The minimum absolute atomic E-state index is 0.234. The minimum atomic E-state index is -0.497. The van der Waals surface area contributed by atoms with E-state index in [2.05, 4.69) is 4.90 Å². The first kappa shape index (κ1) is 15.6. The van der Waals surface area contributed by atoms with E-state index >= 15 is 0 Å². The van der Waals surface area contributed by atoms with Gasteiger partial charge in [0.2, 0.25) is 0 Å². The van der Waals surface area contributed by atoms with E-state index in [1.54, 1.807) is 12.1 Å². The highest BCUT2D eigenvalue weighted by molar-refractivity contribution is 6.62. The Morgan fingerprint density at radius 1 is 1.13 bits per heavy atom. The van der Waals surface area contributed by atoms with Crippen LogP contribution in [0.3, 0.4) is 0 Å². The molecule has 3 fully saturated rings. The fourth-order valence-electron chi connectivity index (χ4n) is 3.76. The van der Waals surface area contributed by atoms with Gasteiger partial charge in [-0.3, -0.25) is 4.90 Å². The number of benzene rings is 1. The van der Waals surface area contributed by atoms with Crippen LogP contribution in [-0.2, 0) is 15.9 Å².